The smallest absolute Gasteiger partial charge is 0.292 e. The molecule has 3 rings (SSSR count). The molecule has 0 spiro atoms. The van der Waals surface area contributed by atoms with Crippen molar-refractivity contribution in [1.29, 1.82) is 0 Å². The minimum Gasteiger partial charge on any atom is -0.368 e. The van der Waals surface area contributed by atoms with Crippen molar-refractivity contribution in [3.63, 3.8) is 0 Å². The number of nitrogens with zero attached hydrogens (tertiary/aromatic N) is 2. The number of hydrogen-bond donors (Lipinski definition) is 1. The van der Waals surface area contributed by atoms with Gasteiger partial charge < -0.3 is 15.1 Å². The Hall–Kier alpha value is -3.22. The molecule has 1 saturated heterocycles. The van der Waals surface area contributed by atoms with E-state index in [1.54, 1.807) is 35.2 Å². The zero-order valence-corrected chi connectivity index (χ0v) is 15.7. The molecule has 146 valence electrons. The second-order valence-corrected chi connectivity index (χ2v) is 6.73. The van der Waals surface area contributed by atoms with E-state index in [0.29, 0.717) is 31.7 Å². The van der Waals surface area contributed by atoms with Crippen LogP contribution in [0.4, 0.5) is 10.1 Å². The molecule has 2 aromatic carbocycles. The van der Waals surface area contributed by atoms with Gasteiger partial charge in [-0.3, -0.25) is 14.4 Å². The fourth-order valence-electron chi connectivity index (χ4n) is 3.13. The van der Waals surface area contributed by atoms with Gasteiger partial charge >= 0.3 is 0 Å². The maximum absolute atomic E-state index is 13.0. The van der Waals surface area contributed by atoms with Crippen molar-refractivity contribution in [1.82, 2.24) is 10.2 Å². The van der Waals surface area contributed by atoms with Crippen LogP contribution >= 0.6 is 0 Å². The molecule has 0 atom stereocenters. The Kier molecular flexibility index (Phi) is 6.03. The predicted octanol–water partition coefficient (Wildman–Crippen LogP) is 1.78. The molecule has 1 heterocycles. The summed E-state index contributed by atoms with van der Waals surface area (Å²) < 4.78 is 13.0. The molecule has 2 aromatic rings. The molecule has 0 saturated carbocycles. The fourth-order valence-corrected chi connectivity index (χ4v) is 3.13. The number of piperazine rings is 1. The van der Waals surface area contributed by atoms with Gasteiger partial charge in [0.25, 0.3) is 5.91 Å². The van der Waals surface area contributed by atoms with Crippen molar-refractivity contribution in [2.24, 2.45) is 0 Å². The zero-order valence-electron chi connectivity index (χ0n) is 15.7. The number of rotatable bonds is 5. The summed E-state index contributed by atoms with van der Waals surface area (Å²) >= 11 is 0. The number of Topliss-reactive ketones (excluding diaryl/α,β-unsaturated/α-hetero) is 1. The molecule has 1 aliphatic rings. The van der Waals surface area contributed by atoms with Crippen molar-refractivity contribution in [2.45, 2.75) is 6.92 Å². The van der Waals surface area contributed by atoms with E-state index < -0.39 is 11.7 Å². The van der Waals surface area contributed by atoms with Crippen molar-refractivity contribution in [2.75, 3.05) is 37.6 Å². The molecule has 0 radical (unpaired) electrons. The number of ketones is 1. The molecule has 6 nitrogen and oxygen atoms in total. The monoisotopic (exact) mass is 383 g/mol. The van der Waals surface area contributed by atoms with Crippen LogP contribution in [0, 0.1) is 12.7 Å². The maximum Gasteiger partial charge on any atom is 0.292 e. The van der Waals surface area contributed by atoms with E-state index in [2.05, 4.69) is 10.2 Å². The lowest BCUT2D eigenvalue weighted by Gasteiger charge is -2.36. The Bertz CT molecular complexity index is 875. The SMILES string of the molecule is Cc1cccc(C(=O)C(=O)NCC(=O)N2CCN(c3ccc(F)cc3)CC2)c1. The first-order valence-corrected chi connectivity index (χ1v) is 9.11. The molecule has 0 unspecified atom stereocenters. The number of benzene rings is 2. The summed E-state index contributed by atoms with van der Waals surface area (Å²) in [7, 11) is 0. The molecular weight excluding hydrogens is 361 g/mol. The van der Waals surface area contributed by atoms with Crippen LogP contribution in [-0.4, -0.2) is 55.2 Å². The van der Waals surface area contributed by atoms with Gasteiger partial charge in [-0.2, -0.15) is 0 Å². The maximum atomic E-state index is 13.0. The summed E-state index contributed by atoms with van der Waals surface area (Å²) in [5.74, 6) is -1.96. The van der Waals surface area contributed by atoms with Gasteiger partial charge in [0.1, 0.15) is 5.82 Å². The van der Waals surface area contributed by atoms with Crippen LogP contribution in [0.2, 0.25) is 0 Å². The first-order valence-electron chi connectivity index (χ1n) is 9.11. The Labute approximate surface area is 162 Å². The van der Waals surface area contributed by atoms with E-state index >= 15 is 0 Å². The molecule has 7 heteroatoms. The summed E-state index contributed by atoms with van der Waals surface area (Å²) in [6.45, 7) is 3.85. The minimum absolute atomic E-state index is 0.215. The van der Waals surface area contributed by atoms with Gasteiger partial charge in [-0.25, -0.2) is 4.39 Å². The number of anilines is 1. The van der Waals surface area contributed by atoms with Crippen molar-refractivity contribution >= 4 is 23.3 Å². The largest absolute Gasteiger partial charge is 0.368 e. The average molecular weight is 383 g/mol. The van der Waals surface area contributed by atoms with E-state index in [0.717, 1.165) is 11.3 Å². The molecular formula is C21H22FN3O3. The molecule has 28 heavy (non-hydrogen) atoms. The van der Waals surface area contributed by atoms with E-state index in [4.69, 9.17) is 0 Å². The van der Waals surface area contributed by atoms with Gasteiger partial charge in [-0.15, -0.1) is 0 Å². The molecule has 1 N–H and O–H groups in total. The normalized spacial score (nSPS) is 13.9. The molecule has 0 aliphatic carbocycles. The molecule has 0 bridgehead atoms. The average Bonchev–Trinajstić information content (AvgIpc) is 2.72. The lowest BCUT2D eigenvalue weighted by molar-refractivity contribution is -0.132. The number of halogens is 1. The van der Waals surface area contributed by atoms with Crippen LogP contribution in [0.25, 0.3) is 0 Å². The van der Waals surface area contributed by atoms with Crippen LogP contribution in [0.5, 0.6) is 0 Å². The number of carbonyl (C=O) groups excluding carboxylic acids is 3. The van der Waals surface area contributed by atoms with Crippen molar-refractivity contribution in [3.8, 4) is 0 Å². The third-order valence-electron chi connectivity index (χ3n) is 4.71. The standard InChI is InChI=1S/C21H22FN3O3/c1-15-3-2-4-16(13-15)20(27)21(28)23-14-19(26)25-11-9-24(10-12-25)18-7-5-17(22)6-8-18/h2-8,13H,9-12,14H2,1H3,(H,23,28). The Morgan fingerprint density at radius 3 is 2.32 bits per heavy atom. The summed E-state index contributed by atoms with van der Waals surface area (Å²) in [4.78, 5) is 40.2. The highest BCUT2D eigenvalue weighted by Gasteiger charge is 2.23. The number of aryl methyl sites for hydroxylation is 1. The highest BCUT2D eigenvalue weighted by molar-refractivity contribution is 6.43. The third kappa shape index (κ3) is 4.73. The van der Waals surface area contributed by atoms with Crippen LogP contribution in [-0.2, 0) is 9.59 Å². The Morgan fingerprint density at radius 1 is 1.00 bits per heavy atom. The Balaban J connectivity index is 1.47. The van der Waals surface area contributed by atoms with E-state index in [1.165, 1.54) is 12.1 Å². The van der Waals surface area contributed by atoms with Crippen LogP contribution in [0.15, 0.2) is 48.5 Å². The first kappa shape index (κ1) is 19.5. The second-order valence-electron chi connectivity index (χ2n) is 6.73. The molecule has 1 aliphatic heterocycles. The highest BCUT2D eigenvalue weighted by Crippen LogP contribution is 2.16. The molecule has 0 aromatic heterocycles. The summed E-state index contributed by atoms with van der Waals surface area (Å²) in [5.41, 5.74) is 2.09. The van der Waals surface area contributed by atoms with Crippen LogP contribution in [0.3, 0.4) is 0 Å². The van der Waals surface area contributed by atoms with Gasteiger partial charge in [-0.1, -0.05) is 23.8 Å². The van der Waals surface area contributed by atoms with Gasteiger partial charge in [0.15, 0.2) is 0 Å². The summed E-state index contributed by atoms with van der Waals surface area (Å²) in [6, 6.07) is 13.0. The minimum atomic E-state index is -0.788. The lowest BCUT2D eigenvalue weighted by atomic mass is 10.1. The summed E-state index contributed by atoms with van der Waals surface area (Å²) in [5, 5.41) is 2.41. The second kappa shape index (κ2) is 8.65. The highest BCUT2D eigenvalue weighted by atomic mass is 19.1. The van der Waals surface area contributed by atoms with Crippen molar-refractivity contribution in [3.05, 3.63) is 65.5 Å². The van der Waals surface area contributed by atoms with Gasteiger partial charge in [0, 0.05) is 37.4 Å². The van der Waals surface area contributed by atoms with Crippen molar-refractivity contribution < 1.29 is 18.8 Å². The van der Waals surface area contributed by atoms with Gasteiger partial charge in [0.2, 0.25) is 11.7 Å². The topological polar surface area (TPSA) is 69.7 Å². The molecule has 1 fully saturated rings. The van der Waals surface area contributed by atoms with Crippen LogP contribution < -0.4 is 10.2 Å². The van der Waals surface area contributed by atoms with E-state index in [9.17, 15) is 18.8 Å². The Morgan fingerprint density at radius 2 is 1.68 bits per heavy atom. The summed E-state index contributed by atoms with van der Waals surface area (Å²) in [6.07, 6.45) is 0. The quantitative estimate of drug-likeness (QED) is 0.631. The van der Waals surface area contributed by atoms with E-state index in [1.807, 2.05) is 13.0 Å². The predicted molar refractivity (Wildman–Crippen MR) is 104 cm³/mol. The fraction of sp³-hybridized carbons (Fsp3) is 0.286. The van der Waals surface area contributed by atoms with Gasteiger partial charge in [-0.05, 0) is 37.3 Å². The lowest BCUT2D eigenvalue weighted by Crippen LogP contribution is -2.51. The zero-order chi connectivity index (χ0) is 20.1. The van der Waals surface area contributed by atoms with Gasteiger partial charge in [0.05, 0.1) is 6.54 Å². The number of carbonyl (C=O) groups is 3. The number of amides is 2. The van der Waals surface area contributed by atoms with Crippen LogP contribution in [0.1, 0.15) is 15.9 Å². The number of hydrogen-bond acceptors (Lipinski definition) is 4. The van der Waals surface area contributed by atoms with E-state index in [-0.39, 0.29) is 18.3 Å². The number of nitrogens with one attached hydrogen (secondary N) is 1. The molecule has 2 amide bonds. The first-order chi connectivity index (χ1) is 13.4. The third-order valence-corrected chi connectivity index (χ3v) is 4.71.